The molecule has 0 atom stereocenters. The van der Waals surface area contributed by atoms with E-state index in [1.165, 1.54) is 31.2 Å². The fraction of sp³-hybridized carbons (Fsp3) is 0.0811. The number of halogens is 3. The van der Waals surface area contributed by atoms with Gasteiger partial charge in [-0.3, -0.25) is 9.11 Å². The van der Waals surface area contributed by atoms with E-state index in [2.05, 4.69) is 66.3 Å². The summed E-state index contributed by atoms with van der Waals surface area (Å²) in [7, 11) is -9.88. The molecule has 2 heterocycles. The lowest BCUT2D eigenvalue weighted by Crippen LogP contribution is -2.04. The van der Waals surface area contributed by atoms with Crippen molar-refractivity contribution in [3.8, 4) is 5.75 Å². The Morgan fingerprint density at radius 2 is 1.10 bits per heavy atom. The summed E-state index contributed by atoms with van der Waals surface area (Å²) < 4.78 is 70.5. The van der Waals surface area contributed by atoms with Crippen LogP contribution in [-0.4, -0.2) is 61.0 Å². The summed E-state index contributed by atoms with van der Waals surface area (Å²) in [5.74, 6) is -0.558. The van der Waals surface area contributed by atoms with Crippen molar-refractivity contribution in [1.82, 2.24) is 29.9 Å². The molecular formula is C37H29Cl3N14O7S2. The molecule has 0 bridgehead atoms. The standard InChI is InChI=1S/C37H29Cl3N14O7S2/c1-16-5-4-6-20(11-16)42-36-48-34(40)49-37(50-36)44-22-9-10-25(62(56,57)58)24(15-22)52-53-29-18(3)12-19-13-26(63(59,60)61)30(28(41)27(19)31(29)55)54-51-23-14-21(8-7-17(23)2)43-35-46-32(38)45-33(39)47-35/h4-15,55H,41H2,1-3H3,(H,56,57,58)(H,59,60,61)(H,43,45,46,47)(H2,42,44,48,49,50). The monoisotopic (exact) mass is 950 g/mol. The van der Waals surface area contributed by atoms with Gasteiger partial charge in [0.2, 0.25) is 33.7 Å². The van der Waals surface area contributed by atoms with Gasteiger partial charge in [0.25, 0.3) is 20.2 Å². The first-order valence-electron chi connectivity index (χ1n) is 17.7. The number of nitrogens with one attached hydrogen (secondary N) is 3. The highest BCUT2D eigenvalue weighted by Crippen LogP contribution is 2.47. The van der Waals surface area contributed by atoms with Crippen molar-refractivity contribution < 1.29 is 31.0 Å². The first kappa shape index (κ1) is 44.3. The number of nitrogens with two attached hydrogens (primary N) is 1. The molecule has 63 heavy (non-hydrogen) atoms. The number of hydrogen-bond acceptors (Lipinski definition) is 19. The predicted molar refractivity (Wildman–Crippen MR) is 236 cm³/mol. The molecule has 0 aliphatic rings. The Kier molecular flexibility index (Phi) is 12.4. The van der Waals surface area contributed by atoms with Gasteiger partial charge in [-0.1, -0.05) is 18.2 Å². The van der Waals surface area contributed by atoms with Gasteiger partial charge in [-0.2, -0.15) is 51.9 Å². The quantitative estimate of drug-likeness (QED) is 0.0340. The Bertz CT molecular complexity index is 3270. The molecule has 0 saturated heterocycles. The maximum atomic E-state index is 12.7. The number of anilines is 7. The molecular weight excluding hydrogens is 923 g/mol. The molecule has 8 N–H and O–H groups in total. The van der Waals surface area contributed by atoms with E-state index in [1.54, 1.807) is 25.1 Å². The zero-order chi connectivity index (χ0) is 45.4. The second kappa shape index (κ2) is 17.6. The lowest BCUT2D eigenvalue weighted by atomic mass is 10.0. The van der Waals surface area contributed by atoms with Crippen LogP contribution in [0, 0.1) is 20.8 Å². The summed E-state index contributed by atoms with van der Waals surface area (Å²) in [6, 6.07) is 18.2. The van der Waals surface area contributed by atoms with E-state index < -0.39 is 52.8 Å². The smallest absolute Gasteiger partial charge is 0.296 e. The van der Waals surface area contributed by atoms with Gasteiger partial charge in [0.05, 0.1) is 16.8 Å². The van der Waals surface area contributed by atoms with Crippen LogP contribution in [0.15, 0.2) is 103 Å². The van der Waals surface area contributed by atoms with Gasteiger partial charge in [-0.25, -0.2) is 0 Å². The Hall–Kier alpha value is -6.73. The number of aromatic nitrogens is 6. The maximum absolute atomic E-state index is 12.7. The fourth-order valence-electron chi connectivity index (χ4n) is 5.95. The lowest BCUT2D eigenvalue weighted by Gasteiger charge is -2.14. The van der Waals surface area contributed by atoms with Crippen molar-refractivity contribution >= 4 is 129 Å². The number of aromatic hydroxyl groups is 1. The molecule has 322 valence electrons. The van der Waals surface area contributed by atoms with Crippen LogP contribution in [0.4, 0.5) is 63.3 Å². The summed E-state index contributed by atoms with van der Waals surface area (Å²) in [5, 5.41) is 36.3. The molecule has 0 unspecified atom stereocenters. The van der Waals surface area contributed by atoms with Crippen molar-refractivity contribution in [2.75, 3.05) is 21.7 Å². The number of phenolic OH excluding ortho intramolecular Hbond substituents is 1. The first-order valence-corrected chi connectivity index (χ1v) is 21.7. The Morgan fingerprint density at radius 1 is 0.571 bits per heavy atom. The van der Waals surface area contributed by atoms with Crippen LogP contribution in [-0.2, 0) is 20.2 Å². The van der Waals surface area contributed by atoms with Crippen LogP contribution in [0.5, 0.6) is 5.75 Å². The molecule has 0 saturated carbocycles. The molecule has 2 aromatic heterocycles. The number of benzene rings is 5. The summed E-state index contributed by atoms with van der Waals surface area (Å²) >= 11 is 17.9. The normalized spacial score (nSPS) is 12.1. The second-order valence-corrected chi connectivity index (χ2v) is 17.1. The van der Waals surface area contributed by atoms with Crippen LogP contribution in [0.2, 0.25) is 15.9 Å². The third-order valence-electron chi connectivity index (χ3n) is 8.75. The third kappa shape index (κ3) is 10.3. The molecule has 21 nitrogen and oxygen atoms in total. The van der Waals surface area contributed by atoms with Gasteiger partial charge in [0, 0.05) is 17.1 Å². The van der Waals surface area contributed by atoms with Crippen LogP contribution in [0.3, 0.4) is 0 Å². The summed E-state index contributed by atoms with van der Waals surface area (Å²) in [4.78, 5) is 22.7. The summed E-state index contributed by atoms with van der Waals surface area (Å²) in [6.07, 6.45) is 0. The average Bonchev–Trinajstić information content (AvgIpc) is 3.17. The van der Waals surface area contributed by atoms with Crippen LogP contribution in [0.25, 0.3) is 10.8 Å². The minimum absolute atomic E-state index is 0.0162. The molecule has 0 radical (unpaired) electrons. The number of fused-ring (bicyclic) bond motifs is 1. The highest BCUT2D eigenvalue weighted by Gasteiger charge is 2.25. The third-order valence-corrected chi connectivity index (χ3v) is 11.0. The Balaban J connectivity index is 1.25. The van der Waals surface area contributed by atoms with E-state index in [4.69, 9.17) is 40.5 Å². The van der Waals surface area contributed by atoms with E-state index in [9.17, 15) is 31.0 Å². The van der Waals surface area contributed by atoms with Gasteiger partial charge in [0.1, 0.15) is 26.9 Å². The maximum Gasteiger partial charge on any atom is 0.296 e. The van der Waals surface area contributed by atoms with Crippen molar-refractivity contribution in [2.45, 2.75) is 30.6 Å². The van der Waals surface area contributed by atoms with Crippen molar-refractivity contribution in [1.29, 1.82) is 0 Å². The van der Waals surface area contributed by atoms with E-state index in [-0.39, 0.29) is 67.1 Å². The molecule has 0 aliphatic carbocycles. The number of nitrogen functional groups attached to an aromatic ring is 1. The number of nitrogens with zero attached hydrogens (tertiary/aromatic N) is 10. The largest absolute Gasteiger partial charge is 0.505 e. The number of azo groups is 2. The molecule has 7 aromatic rings. The van der Waals surface area contributed by atoms with Crippen molar-refractivity contribution in [2.24, 2.45) is 20.5 Å². The summed E-state index contributed by atoms with van der Waals surface area (Å²) in [6.45, 7) is 5.09. The van der Waals surface area contributed by atoms with Crippen LogP contribution >= 0.6 is 34.8 Å². The first-order chi connectivity index (χ1) is 29.7. The molecule has 0 aliphatic heterocycles. The minimum Gasteiger partial charge on any atom is -0.505 e. The molecule has 0 amide bonds. The highest BCUT2D eigenvalue weighted by atomic mass is 35.5. The van der Waals surface area contributed by atoms with Gasteiger partial charge in [0.15, 0.2) is 5.75 Å². The SMILES string of the molecule is Cc1cccc(Nc2nc(Cl)nc(Nc3ccc(S(=O)(=O)O)c(N=Nc4c(C)cc5cc(S(=O)(=O)O)c(N=Nc6cc(Nc7nc(Cl)nc(Cl)n7)ccc6C)c(N)c5c4O)c3)n2)c1. The van der Waals surface area contributed by atoms with E-state index in [0.29, 0.717) is 16.9 Å². The van der Waals surface area contributed by atoms with Crippen molar-refractivity contribution in [3.63, 3.8) is 0 Å². The van der Waals surface area contributed by atoms with E-state index >= 15 is 0 Å². The molecule has 7 rings (SSSR count). The van der Waals surface area contributed by atoms with Gasteiger partial charge >= 0.3 is 0 Å². The Labute approximate surface area is 372 Å². The Morgan fingerprint density at radius 3 is 1.70 bits per heavy atom. The molecule has 26 heteroatoms. The number of hydrogen-bond donors (Lipinski definition) is 7. The zero-order valence-electron chi connectivity index (χ0n) is 32.4. The predicted octanol–water partition coefficient (Wildman–Crippen LogP) is 9.94. The zero-order valence-corrected chi connectivity index (χ0v) is 36.3. The van der Waals surface area contributed by atoms with Crippen molar-refractivity contribution in [3.05, 3.63) is 105 Å². The topological polar surface area (TPSA) is 318 Å². The van der Waals surface area contributed by atoms with Gasteiger partial charge < -0.3 is 26.8 Å². The minimum atomic E-state index is -4.99. The highest BCUT2D eigenvalue weighted by molar-refractivity contribution is 7.86. The molecule has 0 spiro atoms. The second-order valence-electron chi connectivity index (χ2n) is 13.4. The van der Waals surface area contributed by atoms with E-state index in [1.807, 2.05) is 25.1 Å². The average molecular weight is 952 g/mol. The fourth-order valence-corrected chi connectivity index (χ4v) is 7.75. The number of phenols is 1. The van der Waals surface area contributed by atoms with Gasteiger partial charge in [-0.05, 0) is 132 Å². The number of rotatable bonds is 12. The van der Waals surface area contributed by atoms with Crippen LogP contribution < -0.4 is 21.7 Å². The summed E-state index contributed by atoms with van der Waals surface area (Å²) in [5.41, 5.74) is 8.09. The van der Waals surface area contributed by atoms with Crippen LogP contribution in [0.1, 0.15) is 16.7 Å². The number of aryl methyl sites for hydroxylation is 3. The molecule has 0 fully saturated rings. The molecule has 5 aromatic carbocycles. The van der Waals surface area contributed by atoms with E-state index in [0.717, 1.165) is 17.7 Å². The lowest BCUT2D eigenvalue weighted by molar-refractivity contribution is 0.480. The van der Waals surface area contributed by atoms with Gasteiger partial charge in [-0.15, -0.1) is 15.3 Å².